The van der Waals surface area contributed by atoms with Gasteiger partial charge in [0.15, 0.2) is 8.32 Å². The van der Waals surface area contributed by atoms with Crippen molar-refractivity contribution in [3.63, 3.8) is 0 Å². The van der Waals surface area contributed by atoms with Gasteiger partial charge in [0.25, 0.3) is 10.0 Å². The average Bonchev–Trinajstić information content (AvgIpc) is 2.95. The number of sulfonamides is 1. The molecule has 1 saturated heterocycles. The van der Waals surface area contributed by atoms with Crippen LogP contribution >= 0.6 is 0 Å². The molecule has 3 rings (SSSR count). The molecular formula is C21H33NO3SSi. The number of benzene rings is 1. The van der Waals surface area contributed by atoms with Crippen LogP contribution in [0.25, 0.3) is 0 Å². The van der Waals surface area contributed by atoms with E-state index in [4.69, 9.17) is 4.43 Å². The summed E-state index contributed by atoms with van der Waals surface area (Å²) in [6.45, 7) is 13.8. The minimum atomic E-state index is -3.51. The van der Waals surface area contributed by atoms with E-state index in [0.717, 1.165) is 30.5 Å². The second-order valence-corrected chi connectivity index (χ2v) is 16.1. The molecule has 0 saturated carbocycles. The van der Waals surface area contributed by atoms with E-state index in [1.807, 2.05) is 19.1 Å². The summed E-state index contributed by atoms with van der Waals surface area (Å²) >= 11 is 0. The van der Waals surface area contributed by atoms with Crippen LogP contribution in [-0.4, -0.2) is 33.7 Å². The van der Waals surface area contributed by atoms with Crippen LogP contribution in [-0.2, 0) is 14.4 Å². The number of hydrogen-bond donors (Lipinski definition) is 0. The molecule has 1 fully saturated rings. The van der Waals surface area contributed by atoms with Crippen molar-refractivity contribution >= 4 is 18.3 Å². The van der Waals surface area contributed by atoms with Crippen LogP contribution in [0.4, 0.5) is 0 Å². The molecule has 0 unspecified atom stereocenters. The number of piperidine rings is 1. The largest absolute Gasteiger partial charge is 0.410 e. The van der Waals surface area contributed by atoms with Crippen molar-refractivity contribution < 1.29 is 12.8 Å². The Bertz CT molecular complexity index is 822. The maximum absolute atomic E-state index is 13.2. The summed E-state index contributed by atoms with van der Waals surface area (Å²) in [4.78, 5) is 0.378. The molecule has 4 nitrogen and oxygen atoms in total. The van der Waals surface area contributed by atoms with E-state index in [0.29, 0.717) is 11.4 Å². The Morgan fingerprint density at radius 3 is 2.37 bits per heavy atom. The van der Waals surface area contributed by atoms with E-state index in [1.165, 1.54) is 0 Å². The van der Waals surface area contributed by atoms with E-state index in [9.17, 15) is 8.42 Å². The van der Waals surface area contributed by atoms with Gasteiger partial charge in [-0.2, -0.15) is 0 Å². The quantitative estimate of drug-likeness (QED) is 0.654. The first-order chi connectivity index (χ1) is 12.4. The van der Waals surface area contributed by atoms with Gasteiger partial charge < -0.3 is 4.43 Å². The van der Waals surface area contributed by atoms with Gasteiger partial charge in [0.1, 0.15) is 0 Å². The van der Waals surface area contributed by atoms with Crippen LogP contribution in [0.15, 0.2) is 40.9 Å². The molecule has 0 radical (unpaired) electrons. The highest BCUT2D eigenvalue weighted by Gasteiger charge is 2.43. The van der Waals surface area contributed by atoms with Crippen molar-refractivity contribution in [3.05, 3.63) is 41.6 Å². The fourth-order valence-electron chi connectivity index (χ4n) is 3.69. The lowest BCUT2D eigenvalue weighted by molar-refractivity contribution is 0.205. The normalized spacial score (nSPS) is 23.9. The van der Waals surface area contributed by atoms with Crippen molar-refractivity contribution in [2.45, 2.75) is 76.1 Å². The monoisotopic (exact) mass is 407 g/mol. The zero-order chi connectivity index (χ0) is 20.0. The van der Waals surface area contributed by atoms with Gasteiger partial charge in [0.2, 0.25) is 0 Å². The minimum Gasteiger partial charge on any atom is -0.410 e. The SMILES string of the molecule is Cc1ccc(S(=O)(=O)N2CCC[C@@H]3C[C@@H](O[Si](C)(C)C(C)(C)C)C=C32)cc1. The summed E-state index contributed by atoms with van der Waals surface area (Å²) < 4.78 is 34.7. The van der Waals surface area contributed by atoms with Crippen molar-refractivity contribution in [2.24, 2.45) is 5.92 Å². The van der Waals surface area contributed by atoms with Gasteiger partial charge >= 0.3 is 0 Å². The Balaban J connectivity index is 1.87. The number of nitrogens with zero attached hydrogens (tertiary/aromatic N) is 1. The smallest absolute Gasteiger partial charge is 0.264 e. The van der Waals surface area contributed by atoms with Crippen LogP contribution in [0, 0.1) is 12.8 Å². The molecule has 0 amide bonds. The summed E-state index contributed by atoms with van der Waals surface area (Å²) in [6, 6.07) is 7.15. The van der Waals surface area contributed by atoms with Gasteiger partial charge in [-0.1, -0.05) is 38.5 Å². The summed E-state index contributed by atoms with van der Waals surface area (Å²) in [7, 11) is -5.39. The first-order valence-electron chi connectivity index (χ1n) is 9.91. The molecule has 0 spiro atoms. The second-order valence-electron chi connectivity index (χ2n) is 9.47. The standard InChI is InChI=1S/C21H33NO3SSi/c1-16-9-11-19(12-10-16)26(23,24)22-13-7-8-17-14-18(15-20(17)22)25-27(5,6)21(2,3)4/h9-12,15,17-18H,7-8,13-14H2,1-6H3/t17-,18-/m1/s1. The Morgan fingerprint density at radius 2 is 1.78 bits per heavy atom. The predicted molar refractivity (Wildman–Crippen MR) is 113 cm³/mol. The van der Waals surface area contributed by atoms with Gasteiger partial charge in [-0.15, -0.1) is 0 Å². The lowest BCUT2D eigenvalue weighted by atomic mass is 9.96. The highest BCUT2D eigenvalue weighted by molar-refractivity contribution is 7.89. The Hall–Kier alpha value is -1.11. The van der Waals surface area contributed by atoms with E-state index in [2.05, 4.69) is 39.9 Å². The third kappa shape index (κ3) is 4.03. The first kappa shape index (κ1) is 20.6. The molecule has 0 aromatic heterocycles. The van der Waals surface area contributed by atoms with Gasteiger partial charge in [-0.3, -0.25) is 4.31 Å². The Kier molecular flexibility index (Phi) is 5.38. The third-order valence-electron chi connectivity index (χ3n) is 6.35. The van der Waals surface area contributed by atoms with Crippen LogP contribution in [0.2, 0.25) is 18.1 Å². The molecule has 27 heavy (non-hydrogen) atoms. The van der Waals surface area contributed by atoms with Crippen molar-refractivity contribution in [1.29, 1.82) is 0 Å². The summed E-state index contributed by atoms with van der Waals surface area (Å²) in [5.74, 6) is 0.286. The number of fused-ring (bicyclic) bond motifs is 1. The zero-order valence-electron chi connectivity index (χ0n) is 17.5. The highest BCUT2D eigenvalue weighted by Crippen LogP contribution is 2.43. The Labute approximate surface area is 165 Å². The molecule has 1 aromatic rings. The van der Waals surface area contributed by atoms with E-state index < -0.39 is 18.3 Å². The molecule has 0 bridgehead atoms. The second kappa shape index (κ2) is 7.05. The van der Waals surface area contributed by atoms with Gasteiger partial charge in [-0.05, 0) is 62.5 Å². The maximum Gasteiger partial charge on any atom is 0.264 e. The molecule has 1 aromatic carbocycles. The van der Waals surface area contributed by atoms with Crippen molar-refractivity contribution in [3.8, 4) is 0 Å². The number of aryl methyl sites for hydroxylation is 1. The number of allylic oxidation sites excluding steroid dienone is 1. The summed E-state index contributed by atoms with van der Waals surface area (Å²) in [5.41, 5.74) is 2.01. The maximum atomic E-state index is 13.2. The molecule has 2 aliphatic rings. The molecule has 6 heteroatoms. The highest BCUT2D eigenvalue weighted by atomic mass is 32.2. The molecular weight excluding hydrogens is 374 g/mol. The lowest BCUT2D eigenvalue weighted by Gasteiger charge is -2.38. The zero-order valence-corrected chi connectivity index (χ0v) is 19.3. The summed E-state index contributed by atoms with van der Waals surface area (Å²) in [6.07, 6.45) is 4.97. The molecule has 1 aliphatic carbocycles. The van der Waals surface area contributed by atoms with Crippen LogP contribution in [0.3, 0.4) is 0 Å². The van der Waals surface area contributed by atoms with Crippen molar-refractivity contribution in [2.75, 3.05) is 6.54 Å². The van der Waals surface area contributed by atoms with E-state index in [-0.39, 0.29) is 17.1 Å². The fraction of sp³-hybridized carbons (Fsp3) is 0.619. The van der Waals surface area contributed by atoms with Crippen LogP contribution in [0.5, 0.6) is 0 Å². The van der Waals surface area contributed by atoms with Gasteiger partial charge in [0, 0.05) is 18.2 Å². The van der Waals surface area contributed by atoms with Gasteiger partial charge in [0.05, 0.1) is 11.0 Å². The van der Waals surface area contributed by atoms with Crippen LogP contribution < -0.4 is 0 Å². The predicted octanol–water partition coefficient (Wildman–Crippen LogP) is 5.07. The minimum absolute atomic E-state index is 0.0275. The third-order valence-corrected chi connectivity index (χ3v) is 12.7. The lowest BCUT2D eigenvalue weighted by Crippen LogP contribution is -2.43. The number of rotatable bonds is 4. The van der Waals surface area contributed by atoms with Crippen molar-refractivity contribution in [1.82, 2.24) is 4.31 Å². The first-order valence-corrected chi connectivity index (χ1v) is 14.3. The van der Waals surface area contributed by atoms with Crippen LogP contribution in [0.1, 0.15) is 45.6 Å². The molecule has 150 valence electrons. The van der Waals surface area contributed by atoms with E-state index in [1.54, 1.807) is 16.4 Å². The molecule has 1 aliphatic heterocycles. The topological polar surface area (TPSA) is 46.6 Å². The number of hydrogen-bond acceptors (Lipinski definition) is 3. The Morgan fingerprint density at radius 1 is 1.15 bits per heavy atom. The molecule has 0 N–H and O–H groups in total. The molecule has 1 heterocycles. The summed E-state index contributed by atoms with van der Waals surface area (Å²) in [5, 5.41) is 0.146. The van der Waals surface area contributed by atoms with E-state index >= 15 is 0 Å². The van der Waals surface area contributed by atoms with Gasteiger partial charge in [-0.25, -0.2) is 8.42 Å². The average molecular weight is 408 g/mol. The molecule has 2 atom stereocenters. The fourth-order valence-corrected chi connectivity index (χ4v) is 6.56.